The summed E-state index contributed by atoms with van der Waals surface area (Å²) in [4.78, 5) is 3.43. The molecule has 0 saturated heterocycles. The summed E-state index contributed by atoms with van der Waals surface area (Å²) in [6.07, 6.45) is -3.11. The van der Waals surface area contributed by atoms with Gasteiger partial charge in [-0.2, -0.15) is 13.2 Å². The van der Waals surface area contributed by atoms with Crippen molar-refractivity contribution in [3.05, 3.63) is 11.8 Å². The number of alkyl halides is 3. The van der Waals surface area contributed by atoms with Gasteiger partial charge in [-0.05, 0) is 19.3 Å². The van der Waals surface area contributed by atoms with Crippen molar-refractivity contribution in [2.75, 3.05) is 0 Å². The molecular formula is C9H12F3NO. The lowest BCUT2D eigenvalue weighted by atomic mass is 10.1. The van der Waals surface area contributed by atoms with Crippen LogP contribution < -0.4 is 0 Å². The van der Waals surface area contributed by atoms with E-state index in [2.05, 4.69) is 4.99 Å². The summed E-state index contributed by atoms with van der Waals surface area (Å²) in [5, 5.41) is 9.32. The monoisotopic (exact) mass is 207 g/mol. The van der Waals surface area contributed by atoms with Crippen molar-refractivity contribution in [3.8, 4) is 0 Å². The molecule has 0 amide bonds. The minimum absolute atomic E-state index is 0.0938. The quantitative estimate of drug-likeness (QED) is 0.741. The van der Waals surface area contributed by atoms with E-state index < -0.39 is 18.0 Å². The molecule has 1 heterocycles. The summed E-state index contributed by atoms with van der Waals surface area (Å²) in [5.41, 5.74) is -0.645. The number of halogens is 3. The van der Waals surface area contributed by atoms with E-state index in [-0.39, 0.29) is 12.1 Å². The fourth-order valence-corrected chi connectivity index (χ4v) is 1.24. The lowest BCUT2D eigenvalue weighted by Crippen LogP contribution is -2.26. The summed E-state index contributed by atoms with van der Waals surface area (Å²) in [5.74, 6) is 0. The van der Waals surface area contributed by atoms with Gasteiger partial charge in [0.15, 0.2) is 0 Å². The molecule has 1 rings (SSSR count). The SMILES string of the molecule is CCC(O)C1=CCCC(C(F)(F)F)=N1. The number of aliphatic hydroxyl groups is 1. The van der Waals surface area contributed by atoms with Crippen molar-refractivity contribution in [2.24, 2.45) is 4.99 Å². The van der Waals surface area contributed by atoms with Crippen LogP contribution in [0.5, 0.6) is 0 Å². The van der Waals surface area contributed by atoms with Gasteiger partial charge in [0.1, 0.15) is 5.71 Å². The smallest absolute Gasteiger partial charge is 0.387 e. The molecule has 0 aromatic rings. The van der Waals surface area contributed by atoms with E-state index in [0.29, 0.717) is 12.8 Å². The standard InChI is InChI=1S/C9H12F3NO/c1-2-7(14)6-4-3-5-8(13-6)9(10,11)12/h4,7,14H,2-3,5H2,1H3. The van der Waals surface area contributed by atoms with Gasteiger partial charge in [-0.25, -0.2) is 0 Å². The lowest BCUT2D eigenvalue weighted by Gasteiger charge is -2.17. The number of rotatable bonds is 2. The van der Waals surface area contributed by atoms with Gasteiger partial charge in [0.05, 0.1) is 11.8 Å². The minimum Gasteiger partial charge on any atom is -0.387 e. The number of aliphatic hydroxyl groups excluding tert-OH is 1. The minimum atomic E-state index is -4.37. The van der Waals surface area contributed by atoms with Gasteiger partial charge >= 0.3 is 6.18 Å². The first kappa shape index (κ1) is 11.2. The Labute approximate surface area is 80.1 Å². The Balaban J connectivity index is 2.83. The molecule has 5 heteroatoms. The third-order valence-electron chi connectivity index (χ3n) is 2.05. The lowest BCUT2D eigenvalue weighted by molar-refractivity contribution is -0.0607. The van der Waals surface area contributed by atoms with Crippen molar-refractivity contribution in [3.63, 3.8) is 0 Å². The van der Waals surface area contributed by atoms with Crippen LogP contribution in [0.2, 0.25) is 0 Å². The van der Waals surface area contributed by atoms with Gasteiger partial charge in [-0.15, -0.1) is 0 Å². The Kier molecular flexibility index (Phi) is 3.31. The Bertz CT molecular complexity index is 268. The Morgan fingerprint density at radius 2 is 2.21 bits per heavy atom. The zero-order valence-electron chi connectivity index (χ0n) is 7.80. The third kappa shape index (κ3) is 2.57. The zero-order chi connectivity index (χ0) is 10.8. The predicted molar refractivity (Wildman–Crippen MR) is 47.1 cm³/mol. The van der Waals surface area contributed by atoms with Crippen LogP contribution in [0.1, 0.15) is 26.2 Å². The maximum atomic E-state index is 12.2. The molecule has 0 fully saturated rings. The fraction of sp³-hybridized carbons (Fsp3) is 0.667. The highest BCUT2D eigenvalue weighted by atomic mass is 19.4. The van der Waals surface area contributed by atoms with Crippen LogP contribution in [0, 0.1) is 0 Å². The number of nitrogens with zero attached hydrogens (tertiary/aromatic N) is 1. The van der Waals surface area contributed by atoms with E-state index in [1.807, 2.05) is 0 Å². The summed E-state index contributed by atoms with van der Waals surface area (Å²) >= 11 is 0. The molecule has 0 radical (unpaired) electrons. The first-order valence-electron chi connectivity index (χ1n) is 4.48. The van der Waals surface area contributed by atoms with Crippen LogP contribution in [0.15, 0.2) is 16.8 Å². The largest absolute Gasteiger partial charge is 0.429 e. The molecular weight excluding hydrogens is 195 g/mol. The van der Waals surface area contributed by atoms with Gasteiger partial charge < -0.3 is 5.11 Å². The highest BCUT2D eigenvalue weighted by molar-refractivity contribution is 5.91. The molecule has 0 aromatic heterocycles. The fourth-order valence-electron chi connectivity index (χ4n) is 1.24. The maximum Gasteiger partial charge on any atom is 0.429 e. The Morgan fingerprint density at radius 3 is 2.71 bits per heavy atom. The first-order chi connectivity index (χ1) is 6.45. The second-order valence-corrected chi connectivity index (χ2v) is 3.15. The normalized spacial score (nSPS) is 20.1. The van der Waals surface area contributed by atoms with Gasteiger partial charge in [0, 0.05) is 0 Å². The van der Waals surface area contributed by atoms with E-state index in [0.717, 1.165) is 0 Å². The van der Waals surface area contributed by atoms with Crippen molar-refractivity contribution >= 4 is 5.71 Å². The second-order valence-electron chi connectivity index (χ2n) is 3.15. The van der Waals surface area contributed by atoms with Gasteiger partial charge in [0.25, 0.3) is 0 Å². The number of hydrogen-bond acceptors (Lipinski definition) is 2. The molecule has 2 nitrogen and oxygen atoms in total. The summed E-state index contributed by atoms with van der Waals surface area (Å²) in [6.45, 7) is 1.70. The van der Waals surface area contributed by atoms with Crippen LogP contribution in [-0.4, -0.2) is 23.1 Å². The third-order valence-corrected chi connectivity index (χ3v) is 2.05. The Morgan fingerprint density at radius 1 is 1.57 bits per heavy atom. The molecule has 80 valence electrons. The molecule has 0 spiro atoms. The van der Waals surface area contributed by atoms with Crippen molar-refractivity contribution < 1.29 is 18.3 Å². The van der Waals surface area contributed by atoms with E-state index in [9.17, 15) is 18.3 Å². The van der Waals surface area contributed by atoms with Crippen molar-refractivity contribution in [2.45, 2.75) is 38.5 Å². The zero-order valence-corrected chi connectivity index (χ0v) is 7.80. The van der Waals surface area contributed by atoms with E-state index in [1.54, 1.807) is 13.0 Å². The van der Waals surface area contributed by atoms with Crippen LogP contribution in [0.4, 0.5) is 13.2 Å². The van der Waals surface area contributed by atoms with Crippen molar-refractivity contribution in [1.82, 2.24) is 0 Å². The molecule has 14 heavy (non-hydrogen) atoms. The highest BCUT2D eigenvalue weighted by Crippen LogP contribution is 2.26. The average Bonchev–Trinajstić information content (AvgIpc) is 2.15. The second kappa shape index (κ2) is 4.13. The maximum absolute atomic E-state index is 12.2. The summed E-state index contributed by atoms with van der Waals surface area (Å²) < 4.78 is 36.7. The van der Waals surface area contributed by atoms with Gasteiger partial charge in [-0.3, -0.25) is 4.99 Å². The summed E-state index contributed by atoms with van der Waals surface area (Å²) in [7, 11) is 0. The van der Waals surface area contributed by atoms with Gasteiger partial charge in [0.2, 0.25) is 0 Å². The number of allylic oxidation sites excluding steroid dienone is 1. The van der Waals surface area contributed by atoms with Gasteiger partial charge in [-0.1, -0.05) is 13.0 Å². The topological polar surface area (TPSA) is 32.6 Å². The van der Waals surface area contributed by atoms with E-state index in [4.69, 9.17) is 0 Å². The molecule has 0 saturated carbocycles. The van der Waals surface area contributed by atoms with Crippen LogP contribution in [0.3, 0.4) is 0 Å². The molecule has 1 N–H and O–H groups in total. The predicted octanol–water partition coefficient (Wildman–Crippen LogP) is 2.44. The van der Waals surface area contributed by atoms with E-state index >= 15 is 0 Å². The molecule has 1 aliphatic heterocycles. The molecule has 0 bridgehead atoms. The molecule has 0 aliphatic carbocycles. The van der Waals surface area contributed by atoms with Crippen LogP contribution in [-0.2, 0) is 0 Å². The molecule has 1 atom stereocenters. The summed E-state index contributed by atoms with van der Waals surface area (Å²) in [6, 6.07) is 0. The Hall–Kier alpha value is -0.840. The van der Waals surface area contributed by atoms with Crippen molar-refractivity contribution in [1.29, 1.82) is 0 Å². The van der Waals surface area contributed by atoms with E-state index in [1.165, 1.54) is 0 Å². The average molecular weight is 207 g/mol. The number of aliphatic imine (C=N–C) groups is 1. The first-order valence-corrected chi connectivity index (χ1v) is 4.48. The molecule has 1 aliphatic rings. The van der Waals surface area contributed by atoms with Crippen LogP contribution >= 0.6 is 0 Å². The van der Waals surface area contributed by atoms with Crippen LogP contribution in [0.25, 0.3) is 0 Å². The number of hydrogen-bond donors (Lipinski definition) is 1. The molecule has 0 aromatic carbocycles. The molecule has 1 unspecified atom stereocenters. The highest BCUT2D eigenvalue weighted by Gasteiger charge is 2.36.